The van der Waals surface area contributed by atoms with Crippen LogP contribution >= 0.6 is 0 Å². The molecule has 0 radical (unpaired) electrons. The first-order valence-electron chi connectivity index (χ1n) is 8.11. The molecule has 0 heterocycles. The lowest BCUT2D eigenvalue weighted by Crippen LogP contribution is -2.41. The summed E-state index contributed by atoms with van der Waals surface area (Å²) < 4.78 is 0. The maximum Gasteiger partial charge on any atom is 0.234 e. The third-order valence-corrected chi connectivity index (χ3v) is 3.66. The Kier molecular flexibility index (Phi) is 6.92. The molecular weight excluding hydrogens is 314 g/mol. The van der Waals surface area contributed by atoms with Crippen molar-refractivity contribution < 1.29 is 9.59 Å². The van der Waals surface area contributed by atoms with Gasteiger partial charge in [0.2, 0.25) is 11.8 Å². The lowest BCUT2D eigenvalue weighted by atomic mass is 10.0. The number of rotatable bonds is 9. The van der Waals surface area contributed by atoms with Gasteiger partial charge in [0.25, 0.3) is 0 Å². The molecule has 2 amide bonds. The van der Waals surface area contributed by atoms with Crippen LogP contribution in [0.25, 0.3) is 11.1 Å². The van der Waals surface area contributed by atoms with Gasteiger partial charge >= 0.3 is 0 Å². The fourth-order valence-corrected chi connectivity index (χ4v) is 2.52. The number of carbonyl (C=O) groups excluding carboxylic acids is 2. The van der Waals surface area contributed by atoms with Crippen LogP contribution in [0, 0.1) is 0 Å². The summed E-state index contributed by atoms with van der Waals surface area (Å²) in [6.45, 7) is 4.57. The summed E-state index contributed by atoms with van der Waals surface area (Å²) in [7, 11) is 0. The van der Waals surface area contributed by atoms with Crippen molar-refractivity contribution in [3.05, 3.63) is 72.8 Å². The average Bonchev–Trinajstić information content (AvgIpc) is 2.61. The Morgan fingerprint density at radius 2 is 1.64 bits per heavy atom. The zero-order valence-corrected chi connectivity index (χ0v) is 14.2. The van der Waals surface area contributed by atoms with Crippen molar-refractivity contribution in [1.82, 2.24) is 10.2 Å². The molecule has 5 nitrogen and oxygen atoms in total. The second-order valence-electron chi connectivity index (χ2n) is 5.77. The third-order valence-electron chi connectivity index (χ3n) is 3.66. The molecule has 0 aliphatic rings. The summed E-state index contributed by atoms with van der Waals surface area (Å²) in [4.78, 5) is 24.9. The predicted octanol–water partition coefficient (Wildman–Crippen LogP) is 1.94. The Hall–Kier alpha value is -2.92. The molecule has 0 unspecified atom stereocenters. The second kappa shape index (κ2) is 9.39. The molecule has 2 aromatic carbocycles. The van der Waals surface area contributed by atoms with E-state index < -0.39 is 5.91 Å². The first-order chi connectivity index (χ1) is 12.1. The smallest absolute Gasteiger partial charge is 0.234 e. The number of nitrogens with zero attached hydrogens (tertiary/aromatic N) is 1. The van der Waals surface area contributed by atoms with Crippen molar-refractivity contribution in [2.24, 2.45) is 5.73 Å². The fraction of sp³-hybridized carbons (Fsp3) is 0.200. The SMILES string of the molecule is C=CCNC(=O)CN(CC(N)=O)Cc1ccc(-c2ccccc2)cc1. The highest BCUT2D eigenvalue weighted by Crippen LogP contribution is 2.19. The summed E-state index contributed by atoms with van der Waals surface area (Å²) in [6, 6.07) is 18.2. The van der Waals surface area contributed by atoms with Crippen LogP contribution in [0.15, 0.2) is 67.3 Å². The first kappa shape index (κ1) is 18.4. The molecule has 2 aromatic rings. The van der Waals surface area contributed by atoms with Gasteiger partial charge in [0.15, 0.2) is 0 Å². The van der Waals surface area contributed by atoms with Crippen LogP contribution in [0.4, 0.5) is 0 Å². The molecule has 130 valence electrons. The molecule has 3 N–H and O–H groups in total. The molecule has 5 heteroatoms. The Bertz CT molecular complexity index is 711. The number of benzene rings is 2. The average molecular weight is 337 g/mol. The summed E-state index contributed by atoms with van der Waals surface area (Å²) in [5.74, 6) is -0.625. The number of hydrogen-bond donors (Lipinski definition) is 2. The Morgan fingerprint density at radius 1 is 1.00 bits per heavy atom. The van der Waals surface area contributed by atoms with Crippen molar-refractivity contribution in [3.63, 3.8) is 0 Å². The van der Waals surface area contributed by atoms with E-state index >= 15 is 0 Å². The van der Waals surface area contributed by atoms with Crippen molar-refractivity contribution in [3.8, 4) is 11.1 Å². The van der Waals surface area contributed by atoms with Gasteiger partial charge in [-0.1, -0.05) is 60.7 Å². The van der Waals surface area contributed by atoms with Gasteiger partial charge in [-0.25, -0.2) is 0 Å². The number of hydrogen-bond acceptors (Lipinski definition) is 3. The Labute approximate surface area is 148 Å². The van der Waals surface area contributed by atoms with E-state index in [1.807, 2.05) is 42.5 Å². The summed E-state index contributed by atoms with van der Waals surface area (Å²) in [5.41, 5.74) is 8.57. The molecule has 0 bridgehead atoms. The fourth-order valence-electron chi connectivity index (χ4n) is 2.52. The first-order valence-corrected chi connectivity index (χ1v) is 8.11. The lowest BCUT2D eigenvalue weighted by molar-refractivity contribution is -0.123. The highest BCUT2D eigenvalue weighted by Gasteiger charge is 2.13. The van der Waals surface area contributed by atoms with Crippen molar-refractivity contribution in [2.45, 2.75) is 6.54 Å². The number of nitrogens with two attached hydrogens (primary N) is 1. The van der Waals surface area contributed by atoms with Gasteiger partial charge in [0.05, 0.1) is 13.1 Å². The maximum atomic E-state index is 11.9. The van der Waals surface area contributed by atoms with Crippen LogP contribution in [0.5, 0.6) is 0 Å². The van der Waals surface area contributed by atoms with Crippen LogP contribution in [0.1, 0.15) is 5.56 Å². The highest BCUT2D eigenvalue weighted by atomic mass is 16.2. The predicted molar refractivity (Wildman–Crippen MR) is 99.6 cm³/mol. The van der Waals surface area contributed by atoms with Crippen LogP contribution in [-0.2, 0) is 16.1 Å². The van der Waals surface area contributed by atoms with Gasteiger partial charge in [-0.05, 0) is 16.7 Å². The summed E-state index contributed by atoms with van der Waals surface area (Å²) in [5, 5.41) is 2.70. The maximum absolute atomic E-state index is 11.9. The molecule has 0 aliphatic carbocycles. The van der Waals surface area contributed by atoms with Crippen molar-refractivity contribution in [2.75, 3.05) is 19.6 Å². The van der Waals surface area contributed by atoms with E-state index in [0.29, 0.717) is 13.1 Å². The van der Waals surface area contributed by atoms with Gasteiger partial charge < -0.3 is 11.1 Å². The molecule has 0 fully saturated rings. The second-order valence-corrected chi connectivity index (χ2v) is 5.77. The minimum atomic E-state index is -0.461. The molecule has 0 aromatic heterocycles. The van der Waals surface area contributed by atoms with E-state index in [-0.39, 0.29) is 19.0 Å². The third kappa shape index (κ3) is 6.24. The lowest BCUT2D eigenvalue weighted by Gasteiger charge is -2.20. The molecule has 0 atom stereocenters. The minimum Gasteiger partial charge on any atom is -0.369 e. The normalized spacial score (nSPS) is 10.4. The summed E-state index contributed by atoms with van der Waals surface area (Å²) >= 11 is 0. The molecule has 0 aliphatic heterocycles. The number of carbonyl (C=O) groups is 2. The summed E-state index contributed by atoms with van der Waals surface area (Å²) in [6.07, 6.45) is 1.61. The van der Waals surface area contributed by atoms with E-state index in [1.165, 1.54) is 0 Å². The van der Waals surface area contributed by atoms with Crippen molar-refractivity contribution >= 4 is 11.8 Å². The van der Waals surface area contributed by atoms with Gasteiger partial charge in [-0.15, -0.1) is 6.58 Å². The van der Waals surface area contributed by atoms with Gasteiger partial charge in [-0.2, -0.15) is 0 Å². The van der Waals surface area contributed by atoms with Crippen LogP contribution in [-0.4, -0.2) is 36.3 Å². The zero-order valence-electron chi connectivity index (χ0n) is 14.2. The van der Waals surface area contributed by atoms with Crippen molar-refractivity contribution in [1.29, 1.82) is 0 Å². The number of amides is 2. The number of primary amides is 1. The molecule has 0 spiro atoms. The Morgan fingerprint density at radius 3 is 2.24 bits per heavy atom. The van der Waals surface area contributed by atoms with E-state index in [9.17, 15) is 9.59 Å². The van der Waals surface area contributed by atoms with E-state index in [2.05, 4.69) is 24.0 Å². The standard InChI is InChI=1S/C20H23N3O2/c1-2-12-22-20(25)15-23(14-19(21)24)13-16-8-10-18(11-9-16)17-6-4-3-5-7-17/h2-11H,1,12-15H2,(H2,21,24)(H,22,25). The molecule has 0 saturated heterocycles. The van der Waals surface area contributed by atoms with Gasteiger partial charge in [-0.3, -0.25) is 14.5 Å². The van der Waals surface area contributed by atoms with Crippen LogP contribution < -0.4 is 11.1 Å². The molecule has 2 rings (SSSR count). The van der Waals surface area contributed by atoms with Gasteiger partial charge in [0.1, 0.15) is 0 Å². The quantitative estimate of drug-likeness (QED) is 0.687. The van der Waals surface area contributed by atoms with E-state index in [0.717, 1.165) is 16.7 Å². The Balaban J connectivity index is 2.03. The van der Waals surface area contributed by atoms with Gasteiger partial charge in [0, 0.05) is 13.1 Å². The molecular formula is C20H23N3O2. The molecule has 25 heavy (non-hydrogen) atoms. The largest absolute Gasteiger partial charge is 0.369 e. The monoisotopic (exact) mass is 337 g/mol. The zero-order chi connectivity index (χ0) is 18.1. The number of nitrogens with one attached hydrogen (secondary N) is 1. The van der Waals surface area contributed by atoms with E-state index in [4.69, 9.17) is 5.73 Å². The van der Waals surface area contributed by atoms with E-state index in [1.54, 1.807) is 11.0 Å². The molecule has 0 saturated carbocycles. The minimum absolute atomic E-state index is 0.0297. The van der Waals surface area contributed by atoms with Crippen LogP contribution in [0.2, 0.25) is 0 Å². The van der Waals surface area contributed by atoms with Crippen LogP contribution in [0.3, 0.4) is 0 Å². The highest BCUT2D eigenvalue weighted by molar-refractivity contribution is 5.80. The topological polar surface area (TPSA) is 75.4 Å².